The Hall–Kier alpha value is -1.91. The molecule has 2 aliphatic rings. The van der Waals surface area contributed by atoms with Crippen molar-refractivity contribution in [2.45, 2.75) is 38.1 Å². The molecule has 1 N–H and O–H groups in total. The third kappa shape index (κ3) is 3.06. The number of hydrogen-bond acceptors (Lipinski definition) is 2. The highest BCUT2D eigenvalue weighted by atomic mass is 19.1. The van der Waals surface area contributed by atoms with Gasteiger partial charge in [0, 0.05) is 24.7 Å². The van der Waals surface area contributed by atoms with Gasteiger partial charge in [0.25, 0.3) is 0 Å². The molecule has 0 unspecified atom stereocenters. The molecule has 2 fully saturated rings. The molecule has 112 valence electrons. The fraction of sp³-hybridized carbons (Fsp3) is 0.500. The van der Waals surface area contributed by atoms with Gasteiger partial charge in [-0.3, -0.25) is 9.59 Å². The molecule has 5 heteroatoms. The molecule has 0 radical (unpaired) electrons. The number of nitrogens with one attached hydrogen (secondary N) is 1. The first-order chi connectivity index (χ1) is 10.1. The van der Waals surface area contributed by atoms with Crippen molar-refractivity contribution >= 4 is 17.5 Å². The van der Waals surface area contributed by atoms with E-state index in [4.69, 9.17) is 0 Å². The van der Waals surface area contributed by atoms with E-state index in [1.54, 1.807) is 12.1 Å². The molecule has 0 spiro atoms. The maximum Gasteiger partial charge on any atom is 0.229 e. The second-order valence-corrected chi connectivity index (χ2v) is 5.89. The summed E-state index contributed by atoms with van der Waals surface area (Å²) in [6, 6.07) is 6.12. The maximum atomic E-state index is 13.1. The molecule has 4 nitrogen and oxygen atoms in total. The number of rotatable bonds is 3. The van der Waals surface area contributed by atoms with E-state index in [9.17, 15) is 14.0 Å². The highest BCUT2D eigenvalue weighted by Crippen LogP contribution is 2.29. The zero-order chi connectivity index (χ0) is 14.8. The first kappa shape index (κ1) is 14.0. The van der Waals surface area contributed by atoms with Crippen LogP contribution in [0.1, 0.15) is 32.1 Å². The predicted molar refractivity (Wildman–Crippen MR) is 77.1 cm³/mol. The van der Waals surface area contributed by atoms with Crippen LogP contribution in [0, 0.1) is 11.7 Å². The van der Waals surface area contributed by atoms with Gasteiger partial charge in [-0.25, -0.2) is 4.39 Å². The van der Waals surface area contributed by atoms with Crippen molar-refractivity contribution in [3.05, 3.63) is 30.1 Å². The van der Waals surface area contributed by atoms with Crippen molar-refractivity contribution in [3.8, 4) is 0 Å². The van der Waals surface area contributed by atoms with Crippen molar-refractivity contribution in [1.82, 2.24) is 4.90 Å². The van der Waals surface area contributed by atoms with E-state index in [-0.39, 0.29) is 30.0 Å². The van der Waals surface area contributed by atoms with Crippen LogP contribution in [0.3, 0.4) is 0 Å². The zero-order valence-corrected chi connectivity index (χ0v) is 11.8. The van der Waals surface area contributed by atoms with E-state index in [1.165, 1.54) is 12.1 Å². The smallest absolute Gasteiger partial charge is 0.229 e. The quantitative estimate of drug-likeness (QED) is 0.930. The van der Waals surface area contributed by atoms with Gasteiger partial charge in [0.1, 0.15) is 5.82 Å². The van der Waals surface area contributed by atoms with Gasteiger partial charge in [0.15, 0.2) is 0 Å². The minimum atomic E-state index is -0.386. The second kappa shape index (κ2) is 5.84. The molecule has 1 aliphatic carbocycles. The van der Waals surface area contributed by atoms with Gasteiger partial charge in [-0.1, -0.05) is 18.9 Å². The van der Waals surface area contributed by atoms with Crippen LogP contribution in [0.5, 0.6) is 0 Å². The largest absolute Gasteiger partial charge is 0.339 e. The molecular weight excluding hydrogens is 271 g/mol. The van der Waals surface area contributed by atoms with Crippen LogP contribution in [0.2, 0.25) is 0 Å². The average molecular weight is 290 g/mol. The maximum absolute atomic E-state index is 13.1. The first-order valence-electron chi connectivity index (χ1n) is 7.49. The molecular formula is C16H19FN2O2. The van der Waals surface area contributed by atoms with E-state index >= 15 is 0 Å². The third-order valence-corrected chi connectivity index (χ3v) is 4.39. The van der Waals surface area contributed by atoms with Crippen LogP contribution in [0.25, 0.3) is 0 Å². The van der Waals surface area contributed by atoms with E-state index in [2.05, 4.69) is 5.32 Å². The highest BCUT2D eigenvalue weighted by Gasteiger charge is 2.38. The summed E-state index contributed by atoms with van der Waals surface area (Å²) in [5.41, 5.74) is 0.437. The van der Waals surface area contributed by atoms with Gasteiger partial charge in [-0.2, -0.15) is 0 Å². The van der Waals surface area contributed by atoms with Crippen LogP contribution in [-0.2, 0) is 9.59 Å². The summed E-state index contributed by atoms with van der Waals surface area (Å²) in [5.74, 6) is -0.847. The monoisotopic (exact) mass is 290 g/mol. The van der Waals surface area contributed by atoms with E-state index < -0.39 is 0 Å². The van der Waals surface area contributed by atoms with Gasteiger partial charge in [0.2, 0.25) is 11.8 Å². The Morgan fingerprint density at radius 3 is 2.76 bits per heavy atom. The number of halogens is 1. The summed E-state index contributed by atoms with van der Waals surface area (Å²) < 4.78 is 13.1. The van der Waals surface area contributed by atoms with E-state index in [0.717, 1.165) is 25.7 Å². The van der Waals surface area contributed by atoms with Crippen LogP contribution < -0.4 is 5.32 Å². The molecule has 1 aromatic rings. The Morgan fingerprint density at radius 2 is 2.05 bits per heavy atom. The molecule has 0 bridgehead atoms. The SMILES string of the molecule is O=C(Nc1cccc(F)c1)[C@H]1CC(=O)N(C2CCCC2)C1. The van der Waals surface area contributed by atoms with E-state index in [1.807, 2.05) is 4.90 Å². The molecule has 0 aromatic heterocycles. The molecule has 2 amide bonds. The molecule has 1 aromatic carbocycles. The van der Waals surface area contributed by atoms with Gasteiger partial charge >= 0.3 is 0 Å². The van der Waals surface area contributed by atoms with Crippen molar-refractivity contribution in [2.75, 3.05) is 11.9 Å². The van der Waals surface area contributed by atoms with Gasteiger partial charge < -0.3 is 10.2 Å². The van der Waals surface area contributed by atoms with Gasteiger partial charge in [-0.05, 0) is 31.0 Å². The lowest BCUT2D eigenvalue weighted by Gasteiger charge is -2.23. The Bertz CT molecular complexity index is 555. The molecule has 1 saturated heterocycles. The number of nitrogens with zero attached hydrogens (tertiary/aromatic N) is 1. The fourth-order valence-electron chi connectivity index (χ4n) is 3.29. The fourth-order valence-corrected chi connectivity index (χ4v) is 3.29. The average Bonchev–Trinajstić information content (AvgIpc) is 3.07. The molecule has 1 atom stereocenters. The molecule has 1 heterocycles. The van der Waals surface area contributed by atoms with Crippen LogP contribution in [-0.4, -0.2) is 29.3 Å². The van der Waals surface area contributed by atoms with Gasteiger partial charge in [0.05, 0.1) is 5.92 Å². The molecule has 1 aliphatic heterocycles. The predicted octanol–water partition coefficient (Wildman–Crippen LogP) is 2.56. The van der Waals surface area contributed by atoms with Crippen molar-refractivity contribution in [2.24, 2.45) is 5.92 Å². The van der Waals surface area contributed by atoms with Crippen molar-refractivity contribution in [3.63, 3.8) is 0 Å². The topological polar surface area (TPSA) is 49.4 Å². The van der Waals surface area contributed by atoms with Crippen molar-refractivity contribution < 1.29 is 14.0 Å². The standard InChI is InChI=1S/C16H19FN2O2/c17-12-4-3-5-13(9-12)18-16(21)11-8-15(20)19(10-11)14-6-1-2-7-14/h3-5,9,11,14H,1-2,6-8,10H2,(H,18,21)/t11-/m0/s1. The molecule has 21 heavy (non-hydrogen) atoms. The number of likely N-dealkylation sites (tertiary alicyclic amines) is 1. The minimum Gasteiger partial charge on any atom is -0.339 e. The number of anilines is 1. The summed E-state index contributed by atoms with van der Waals surface area (Å²) in [4.78, 5) is 26.2. The van der Waals surface area contributed by atoms with Gasteiger partial charge in [-0.15, -0.1) is 0 Å². The molecule has 3 rings (SSSR count). The highest BCUT2D eigenvalue weighted by molar-refractivity contribution is 5.97. The van der Waals surface area contributed by atoms with Crippen LogP contribution >= 0.6 is 0 Å². The molecule has 1 saturated carbocycles. The second-order valence-electron chi connectivity index (χ2n) is 5.89. The first-order valence-corrected chi connectivity index (χ1v) is 7.49. The summed E-state index contributed by atoms with van der Waals surface area (Å²) in [5, 5.41) is 2.70. The summed E-state index contributed by atoms with van der Waals surface area (Å²) in [6.07, 6.45) is 4.68. The van der Waals surface area contributed by atoms with Crippen molar-refractivity contribution in [1.29, 1.82) is 0 Å². The lowest BCUT2D eigenvalue weighted by Crippen LogP contribution is -2.35. The summed E-state index contributed by atoms with van der Waals surface area (Å²) in [7, 11) is 0. The normalized spacial score (nSPS) is 22.8. The summed E-state index contributed by atoms with van der Waals surface area (Å²) >= 11 is 0. The Balaban J connectivity index is 1.62. The van der Waals surface area contributed by atoms with Crippen LogP contribution in [0.15, 0.2) is 24.3 Å². The summed E-state index contributed by atoms with van der Waals surface area (Å²) in [6.45, 7) is 0.491. The Labute approximate surface area is 123 Å². The Morgan fingerprint density at radius 1 is 1.29 bits per heavy atom. The number of amides is 2. The van der Waals surface area contributed by atoms with E-state index in [0.29, 0.717) is 18.3 Å². The Kier molecular flexibility index (Phi) is 3.90. The lowest BCUT2D eigenvalue weighted by atomic mass is 10.1. The number of hydrogen-bond donors (Lipinski definition) is 1. The number of carbonyl (C=O) groups excluding carboxylic acids is 2. The van der Waals surface area contributed by atoms with Crippen LogP contribution in [0.4, 0.5) is 10.1 Å². The minimum absolute atomic E-state index is 0.0706. The number of carbonyl (C=O) groups is 2. The zero-order valence-electron chi connectivity index (χ0n) is 11.8. The third-order valence-electron chi connectivity index (χ3n) is 4.39. The number of benzene rings is 1. The lowest BCUT2D eigenvalue weighted by molar-refractivity contribution is -0.129.